The summed E-state index contributed by atoms with van der Waals surface area (Å²) in [5, 5.41) is 0.870. The predicted molar refractivity (Wildman–Crippen MR) is 89.3 cm³/mol. The molecule has 0 aromatic heterocycles. The number of hydrogen-bond acceptors (Lipinski definition) is 4. The van der Waals surface area contributed by atoms with Gasteiger partial charge < -0.3 is 9.47 Å². The van der Waals surface area contributed by atoms with E-state index in [1.165, 1.54) is 0 Å². The Labute approximate surface area is 129 Å². The van der Waals surface area contributed by atoms with Crippen LogP contribution in [0.15, 0.2) is 48.5 Å². The summed E-state index contributed by atoms with van der Waals surface area (Å²) < 4.78 is 10.3. The van der Waals surface area contributed by atoms with Crippen LogP contribution in [0.25, 0.3) is 11.1 Å². The average Bonchev–Trinajstić information content (AvgIpc) is 2.53. The summed E-state index contributed by atoms with van der Waals surface area (Å²) in [6, 6.07) is 15.8. The van der Waals surface area contributed by atoms with Crippen molar-refractivity contribution in [2.45, 2.75) is 0 Å². The summed E-state index contributed by atoms with van der Waals surface area (Å²) in [6.07, 6.45) is 0. The van der Waals surface area contributed by atoms with Crippen LogP contribution < -0.4 is 0 Å². The Morgan fingerprint density at radius 1 is 0.850 bits per heavy atom. The number of hydrogen-bond donors (Lipinski definition) is 0. The van der Waals surface area contributed by atoms with E-state index in [4.69, 9.17) is 33.9 Å². The Morgan fingerprint density at radius 2 is 1.50 bits per heavy atom. The standard InChI is InChI=1S/C16H14O2S2/c1-17-15(19)12-8-9-13(11-6-4-3-5-7-11)14(10-12)16(20)18-2/h3-10H,1-2H3. The first-order valence-electron chi connectivity index (χ1n) is 6.03. The highest BCUT2D eigenvalue weighted by atomic mass is 32.1. The van der Waals surface area contributed by atoms with Gasteiger partial charge in [-0.3, -0.25) is 0 Å². The zero-order valence-electron chi connectivity index (χ0n) is 11.3. The van der Waals surface area contributed by atoms with E-state index < -0.39 is 0 Å². The van der Waals surface area contributed by atoms with E-state index in [1.807, 2.05) is 48.5 Å². The van der Waals surface area contributed by atoms with Crippen molar-refractivity contribution < 1.29 is 9.47 Å². The van der Waals surface area contributed by atoms with Crippen LogP contribution >= 0.6 is 24.4 Å². The van der Waals surface area contributed by atoms with Crippen molar-refractivity contribution in [3.05, 3.63) is 59.7 Å². The molecule has 0 aliphatic rings. The zero-order chi connectivity index (χ0) is 14.5. The fourth-order valence-electron chi connectivity index (χ4n) is 1.94. The molecule has 0 aliphatic carbocycles. The van der Waals surface area contributed by atoms with E-state index in [-0.39, 0.29) is 0 Å². The van der Waals surface area contributed by atoms with Crippen molar-refractivity contribution in [2.24, 2.45) is 0 Å². The third-order valence-electron chi connectivity index (χ3n) is 2.93. The Bertz CT molecular complexity index is 636. The van der Waals surface area contributed by atoms with Crippen molar-refractivity contribution in [2.75, 3.05) is 14.2 Å². The van der Waals surface area contributed by atoms with E-state index in [2.05, 4.69) is 0 Å². The van der Waals surface area contributed by atoms with Crippen LogP contribution in [0.5, 0.6) is 0 Å². The van der Waals surface area contributed by atoms with Crippen LogP contribution in [0.3, 0.4) is 0 Å². The maximum atomic E-state index is 5.29. The van der Waals surface area contributed by atoms with Crippen LogP contribution in [-0.4, -0.2) is 24.3 Å². The summed E-state index contributed by atoms with van der Waals surface area (Å²) >= 11 is 10.4. The van der Waals surface area contributed by atoms with Crippen molar-refractivity contribution in [3.63, 3.8) is 0 Å². The highest BCUT2D eigenvalue weighted by Crippen LogP contribution is 2.26. The average molecular weight is 302 g/mol. The summed E-state index contributed by atoms with van der Waals surface area (Å²) in [6.45, 7) is 0. The molecule has 0 bridgehead atoms. The molecule has 4 heteroatoms. The molecular formula is C16H14O2S2. The number of thiocarbonyl (C=S) groups is 2. The highest BCUT2D eigenvalue weighted by Gasteiger charge is 2.13. The van der Waals surface area contributed by atoms with Gasteiger partial charge in [-0.15, -0.1) is 0 Å². The van der Waals surface area contributed by atoms with Gasteiger partial charge >= 0.3 is 0 Å². The molecule has 0 saturated carbocycles. The molecule has 0 radical (unpaired) electrons. The first-order valence-corrected chi connectivity index (χ1v) is 6.85. The van der Waals surface area contributed by atoms with Crippen molar-refractivity contribution in [1.82, 2.24) is 0 Å². The summed E-state index contributed by atoms with van der Waals surface area (Å²) in [4.78, 5) is 0. The van der Waals surface area contributed by atoms with E-state index >= 15 is 0 Å². The topological polar surface area (TPSA) is 18.5 Å². The number of ether oxygens (including phenoxy) is 2. The lowest BCUT2D eigenvalue weighted by atomic mass is 9.98. The largest absolute Gasteiger partial charge is 0.486 e. The summed E-state index contributed by atoms with van der Waals surface area (Å²) in [7, 11) is 3.13. The number of benzene rings is 2. The lowest BCUT2D eigenvalue weighted by molar-refractivity contribution is 0.414. The van der Waals surface area contributed by atoms with Gasteiger partial charge in [0.2, 0.25) is 0 Å². The number of rotatable bonds is 3. The van der Waals surface area contributed by atoms with Crippen LogP contribution in [0.4, 0.5) is 0 Å². The Balaban J connectivity index is 2.57. The molecule has 0 spiro atoms. The minimum Gasteiger partial charge on any atom is -0.486 e. The maximum absolute atomic E-state index is 5.29. The minimum atomic E-state index is 0.435. The van der Waals surface area contributed by atoms with E-state index in [9.17, 15) is 0 Å². The number of methoxy groups -OCH3 is 2. The second-order valence-corrected chi connectivity index (χ2v) is 4.85. The van der Waals surface area contributed by atoms with Gasteiger partial charge in [0.1, 0.15) is 0 Å². The predicted octanol–water partition coefficient (Wildman–Crippen LogP) is 4.00. The first-order chi connectivity index (χ1) is 9.67. The first kappa shape index (κ1) is 14.6. The van der Waals surface area contributed by atoms with Gasteiger partial charge in [-0.25, -0.2) is 0 Å². The lowest BCUT2D eigenvalue weighted by Gasteiger charge is -2.12. The summed E-state index contributed by atoms with van der Waals surface area (Å²) in [5.41, 5.74) is 3.75. The molecule has 2 rings (SSSR count). The molecule has 0 heterocycles. The van der Waals surface area contributed by atoms with Gasteiger partial charge in [0.05, 0.1) is 14.2 Å². The third-order valence-corrected chi connectivity index (χ3v) is 3.72. The Morgan fingerprint density at radius 3 is 2.10 bits per heavy atom. The molecule has 0 aliphatic heterocycles. The normalized spacial score (nSPS) is 9.90. The summed E-state index contributed by atoms with van der Waals surface area (Å²) in [5.74, 6) is 0. The molecule has 2 aromatic rings. The molecule has 0 amide bonds. The van der Waals surface area contributed by atoms with Crippen LogP contribution in [0.2, 0.25) is 0 Å². The molecule has 0 N–H and O–H groups in total. The van der Waals surface area contributed by atoms with Gasteiger partial charge in [0.25, 0.3) is 0 Å². The second kappa shape index (κ2) is 6.59. The second-order valence-electron chi connectivity index (χ2n) is 4.11. The Hall–Kier alpha value is -1.78. The molecule has 0 atom stereocenters. The molecule has 0 unspecified atom stereocenters. The fourth-order valence-corrected chi connectivity index (χ4v) is 2.23. The molecule has 2 aromatic carbocycles. The monoisotopic (exact) mass is 302 g/mol. The molecule has 102 valence electrons. The van der Waals surface area contributed by atoms with Crippen LogP contribution in [0.1, 0.15) is 11.1 Å². The van der Waals surface area contributed by atoms with Gasteiger partial charge in [0, 0.05) is 11.1 Å². The van der Waals surface area contributed by atoms with E-state index in [1.54, 1.807) is 14.2 Å². The van der Waals surface area contributed by atoms with Crippen LogP contribution in [-0.2, 0) is 9.47 Å². The SMILES string of the molecule is COC(=S)c1ccc(-c2ccccc2)c(C(=S)OC)c1. The van der Waals surface area contributed by atoms with Crippen molar-refractivity contribution in [3.8, 4) is 11.1 Å². The maximum Gasteiger partial charge on any atom is 0.191 e. The van der Waals surface area contributed by atoms with Gasteiger partial charge in [0.15, 0.2) is 10.1 Å². The quantitative estimate of drug-likeness (QED) is 0.798. The molecule has 20 heavy (non-hydrogen) atoms. The Kier molecular flexibility index (Phi) is 4.82. The minimum absolute atomic E-state index is 0.435. The van der Waals surface area contributed by atoms with E-state index in [0.29, 0.717) is 10.1 Å². The van der Waals surface area contributed by atoms with Crippen LogP contribution in [0, 0.1) is 0 Å². The van der Waals surface area contributed by atoms with Gasteiger partial charge in [-0.2, -0.15) is 0 Å². The fraction of sp³-hybridized carbons (Fsp3) is 0.125. The van der Waals surface area contributed by atoms with Gasteiger partial charge in [-0.1, -0.05) is 36.4 Å². The molecular weight excluding hydrogens is 288 g/mol. The third kappa shape index (κ3) is 3.03. The van der Waals surface area contributed by atoms with Gasteiger partial charge in [-0.05, 0) is 47.7 Å². The molecule has 0 fully saturated rings. The van der Waals surface area contributed by atoms with Crippen molar-refractivity contribution in [1.29, 1.82) is 0 Å². The smallest absolute Gasteiger partial charge is 0.191 e. The van der Waals surface area contributed by atoms with Crippen molar-refractivity contribution >= 4 is 34.5 Å². The lowest BCUT2D eigenvalue weighted by Crippen LogP contribution is -2.06. The zero-order valence-corrected chi connectivity index (χ0v) is 12.9. The highest BCUT2D eigenvalue weighted by molar-refractivity contribution is 7.80. The molecule has 2 nitrogen and oxygen atoms in total. The molecule has 0 saturated heterocycles. The van der Waals surface area contributed by atoms with E-state index in [0.717, 1.165) is 22.3 Å².